The van der Waals surface area contributed by atoms with E-state index < -0.39 is 22.7 Å². The third-order valence-electron chi connectivity index (χ3n) is 3.30. The number of halogens is 3. The van der Waals surface area contributed by atoms with Crippen LogP contribution in [0, 0.1) is 23.0 Å². The summed E-state index contributed by atoms with van der Waals surface area (Å²) in [6.07, 6.45) is 0. The van der Waals surface area contributed by atoms with E-state index in [1.165, 1.54) is 0 Å². The van der Waals surface area contributed by atoms with E-state index in [4.69, 9.17) is 23.1 Å². The first kappa shape index (κ1) is 15.7. The van der Waals surface area contributed by atoms with Crippen molar-refractivity contribution in [3.63, 3.8) is 0 Å². The van der Waals surface area contributed by atoms with Crippen molar-refractivity contribution in [2.24, 2.45) is 0 Å². The Kier molecular flexibility index (Phi) is 3.79. The van der Waals surface area contributed by atoms with Gasteiger partial charge in [0.15, 0.2) is 11.6 Å². The minimum Gasteiger partial charge on any atom is -0.383 e. The molecule has 24 heavy (non-hydrogen) atoms. The summed E-state index contributed by atoms with van der Waals surface area (Å²) in [6, 6.07) is 7.84. The van der Waals surface area contributed by atoms with Crippen LogP contribution in [-0.4, -0.2) is 9.97 Å². The molecule has 6 nitrogen and oxygen atoms in total. The molecule has 0 saturated carbocycles. The molecule has 0 amide bonds. The zero-order valence-electron chi connectivity index (χ0n) is 11.9. The summed E-state index contributed by atoms with van der Waals surface area (Å²) in [5.41, 5.74) is 10.1. The van der Waals surface area contributed by atoms with Crippen LogP contribution in [-0.2, 0) is 0 Å². The van der Waals surface area contributed by atoms with E-state index in [0.29, 0.717) is 10.7 Å². The largest absolute Gasteiger partial charge is 0.383 e. The number of hydrogen-bond donors (Lipinski definition) is 3. The predicted octanol–water partition coefficient (Wildman–Crippen LogP) is 3.34. The van der Waals surface area contributed by atoms with Crippen molar-refractivity contribution in [2.75, 3.05) is 16.8 Å². The molecule has 0 unspecified atom stereocenters. The number of nitrogens with zero attached hydrogens (tertiary/aromatic N) is 3. The molecule has 0 radical (unpaired) electrons. The van der Waals surface area contributed by atoms with E-state index in [0.717, 1.165) is 0 Å². The lowest BCUT2D eigenvalue weighted by Crippen LogP contribution is -2.07. The zero-order chi connectivity index (χ0) is 17.4. The minimum absolute atomic E-state index is 0.305. The summed E-state index contributed by atoms with van der Waals surface area (Å²) in [4.78, 5) is 7.29. The molecule has 0 bridgehead atoms. The van der Waals surface area contributed by atoms with Gasteiger partial charge >= 0.3 is 0 Å². The number of rotatable bonds is 2. The highest BCUT2D eigenvalue weighted by Crippen LogP contribution is 2.35. The van der Waals surface area contributed by atoms with Crippen LogP contribution < -0.4 is 16.8 Å². The van der Waals surface area contributed by atoms with Gasteiger partial charge in [-0.15, -0.1) is 0 Å². The highest BCUT2D eigenvalue weighted by atomic mass is 35.5. The lowest BCUT2D eigenvalue weighted by molar-refractivity contribution is 0.615. The van der Waals surface area contributed by atoms with Crippen molar-refractivity contribution in [3.05, 3.63) is 46.5 Å². The second-order valence-corrected chi connectivity index (χ2v) is 5.25. The molecule has 0 atom stereocenters. The Hall–Kier alpha value is -3.18. The van der Waals surface area contributed by atoms with Crippen molar-refractivity contribution >= 4 is 45.6 Å². The van der Waals surface area contributed by atoms with Gasteiger partial charge in [0.2, 0.25) is 5.95 Å². The molecular formula is C15H9ClF2N6. The Bertz CT molecular complexity index is 998. The molecule has 120 valence electrons. The molecule has 1 aromatic heterocycles. The van der Waals surface area contributed by atoms with E-state index >= 15 is 0 Å². The molecular weight excluding hydrogens is 338 g/mol. The zero-order valence-corrected chi connectivity index (χ0v) is 12.7. The fourth-order valence-electron chi connectivity index (χ4n) is 2.23. The lowest BCUT2D eigenvalue weighted by Gasteiger charge is -2.13. The van der Waals surface area contributed by atoms with Crippen LogP contribution in [0.15, 0.2) is 24.3 Å². The molecule has 1 heterocycles. The van der Waals surface area contributed by atoms with Crippen LogP contribution in [0.25, 0.3) is 10.9 Å². The topological polar surface area (TPSA) is 114 Å². The number of benzene rings is 2. The van der Waals surface area contributed by atoms with E-state index in [1.54, 1.807) is 30.3 Å². The summed E-state index contributed by atoms with van der Waals surface area (Å²) < 4.78 is 29.4. The fraction of sp³-hybridized carbons (Fsp3) is 0. The van der Waals surface area contributed by atoms with Crippen molar-refractivity contribution in [1.29, 1.82) is 5.26 Å². The number of anilines is 4. The average molecular weight is 347 g/mol. The first-order valence-corrected chi connectivity index (χ1v) is 6.96. The van der Waals surface area contributed by atoms with Crippen LogP contribution >= 0.6 is 11.6 Å². The first-order chi connectivity index (χ1) is 11.4. The maximum absolute atomic E-state index is 14.8. The third kappa shape index (κ3) is 2.51. The van der Waals surface area contributed by atoms with E-state index in [2.05, 4.69) is 15.3 Å². The van der Waals surface area contributed by atoms with Gasteiger partial charge in [0.25, 0.3) is 0 Å². The lowest BCUT2D eigenvalue weighted by atomic mass is 10.1. The van der Waals surface area contributed by atoms with Gasteiger partial charge in [0, 0.05) is 10.7 Å². The number of aromatic nitrogens is 2. The Balaban J connectivity index is 2.29. The van der Waals surface area contributed by atoms with Gasteiger partial charge in [0.1, 0.15) is 23.0 Å². The Morgan fingerprint density at radius 3 is 2.38 bits per heavy atom. The number of nitriles is 1. The van der Waals surface area contributed by atoms with Crippen LogP contribution in [0.3, 0.4) is 0 Å². The highest BCUT2D eigenvalue weighted by Gasteiger charge is 2.24. The monoisotopic (exact) mass is 346 g/mol. The van der Waals surface area contributed by atoms with Gasteiger partial charge in [-0.05, 0) is 24.3 Å². The number of hydrogen-bond acceptors (Lipinski definition) is 6. The van der Waals surface area contributed by atoms with Gasteiger partial charge in [0.05, 0.1) is 11.1 Å². The van der Waals surface area contributed by atoms with Crippen molar-refractivity contribution in [3.8, 4) is 6.07 Å². The number of fused-ring (bicyclic) bond motifs is 1. The predicted molar refractivity (Wildman–Crippen MR) is 87.7 cm³/mol. The molecule has 9 heteroatoms. The fourth-order valence-corrected chi connectivity index (χ4v) is 2.36. The standard InChI is InChI=1S/C15H9ClF2N6/c16-6-1-3-7(4-2-6)22-12-8(5-19)10(17)9-13(11(12)18)23-15(21)24-14(9)20/h1-4,22H,(H4,20,21,23,24). The van der Waals surface area contributed by atoms with Gasteiger partial charge in [-0.1, -0.05) is 11.6 Å². The number of nitrogens with two attached hydrogens (primary N) is 2. The quantitative estimate of drug-likeness (QED) is 0.655. The second kappa shape index (κ2) is 5.79. The van der Waals surface area contributed by atoms with Crippen LogP contribution in [0.4, 0.5) is 31.9 Å². The molecule has 0 fully saturated rings. The summed E-state index contributed by atoms with van der Waals surface area (Å²) in [6.45, 7) is 0. The number of nitrogens with one attached hydrogen (secondary N) is 1. The van der Waals surface area contributed by atoms with Crippen molar-refractivity contribution in [1.82, 2.24) is 9.97 Å². The maximum Gasteiger partial charge on any atom is 0.222 e. The molecule has 0 aliphatic heterocycles. The van der Waals surface area contributed by atoms with Gasteiger partial charge in [-0.25, -0.2) is 13.8 Å². The third-order valence-corrected chi connectivity index (χ3v) is 3.55. The van der Waals surface area contributed by atoms with Crippen LogP contribution in [0.2, 0.25) is 5.02 Å². The second-order valence-electron chi connectivity index (χ2n) is 4.81. The van der Waals surface area contributed by atoms with Gasteiger partial charge in [-0.2, -0.15) is 10.2 Å². The summed E-state index contributed by atoms with van der Waals surface area (Å²) in [5.74, 6) is -2.63. The SMILES string of the molecule is N#Cc1c(Nc2ccc(Cl)cc2)c(F)c2nc(N)nc(N)c2c1F. The molecule has 0 aliphatic rings. The first-order valence-electron chi connectivity index (χ1n) is 6.58. The smallest absolute Gasteiger partial charge is 0.222 e. The van der Waals surface area contributed by atoms with Crippen LogP contribution in [0.1, 0.15) is 5.56 Å². The normalized spacial score (nSPS) is 10.6. The minimum atomic E-state index is -1.03. The van der Waals surface area contributed by atoms with Gasteiger partial charge in [-0.3, -0.25) is 0 Å². The molecule has 0 saturated heterocycles. The van der Waals surface area contributed by atoms with Crippen LogP contribution in [0.5, 0.6) is 0 Å². The summed E-state index contributed by atoms with van der Waals surface area (Å²) in [5, 5.41) is 12.0. The molecule has 0 aliphatic carbocycles. The van der Waals surface area contributed by atoms with Crippen molar-refractivity contribution < 1.29 is 8.78 Å². The Labute approximate surface area is 139 Å². The Morgan fingerprint density at radius 2 is 1.75 bits per heavy atom. The van der Waals surface area contributed by atoms with E-state index in [9.17, 15) is 14.0 Å². The highest BCUT2D eigenvalue weighted by molar-refractivity contribution is 6.30. The maximum atomic E-state index is 14.8. The molecule has 3 aromatic rings. The van der Waals surface area contributed by atoms with E-state index in [1.807, 2.05) is 0 Å². The molecule has 5 N–H and O–H groups in total. The molecule has 3 rings (SSSR count). The summed E-state index contributed by atoms with van der Waals surface area (Å²) >= 11 is 5.78. The molecule has 0 spiro atoms. The molecule has 2 aromatic carbocycles. The Morgan fingerprint density at radius 1 is 1.08 bits per heavy atom. The summed E-state index contributed by atoms with van der Waals surface area (Å²) in [7, 11) is 0. The van der Waals surface area contributed by atoms with E-state index in [-0.39, 0.29) is 22.8 Å². The van der Waals surface area contributed by atoms with Crippen molar-refractivity contribution in [2.45, 2.75) is 0 Å². The number of nitrogen functional groups attached to an aromatic ring is 2. The van der Waals surface area contributed by atoms with Gasteiger partial charge < -0.3 is 16.8 Å². The average Bonchev–Trinajstić information content (AvgIpc) is 2.54.